The zero-order valence-corrected chi connectivity index (χ0v) is 14.7. The van der Waals surface area contributed by atoms with Crippen LogP contribution in [0.2, 0.25) is 0 Å². The van der Waals surface area contributed by atoms with Crippen molar-refractivity contribution in [2.75, 3.05) is 25.5 Å². The van der Waals surface area contributed by atoms with Crippen molar-refractivity contribution in [3.8, 4) is 5.69 Å². The number of benzene rings is 1. The van der Waals surface area contributed by atoms with E-state index in [1.807, 2.05) is 31.7 Å². The van der Waals surface area contributed by atoms with E-state index >= 15 is 0 Å². The SMILES string of the molecule is Cc1ccc(-n2nnnc2N[C@@H]2CN(C)C[C@H]2c2cncn2C)cc1. The number of nitrogens with one attached hydrogen (secondary N) is 1. The molecule has 3 heterocycles. The third-order valence-corrected chi connectivity index (χ3v) is 4.80. The van der Waals surface area contributed by atoms with Gasteiger partial charge in [0.05, 0.1) is 18.1 Å². The summed E-state index contributed by atoms with van der Waals surface area (Å²) in [6, 6.07) is 8.38. The first-order valence-electron chi connectivity index (χ1n) is 8.38. The smallest absolute Gasteiger partial charge is 0.248 e. The van der Waals surface area contributed by atoms with Gasteiger partial charge in [-0.05, 0) is 36.5 Å². The summed E-state index contributed by atoms with van der Waals surface area (Å²) in [6.07, 6.45) is 3.79. The van der Waals surface area contributed by atoms with Crippen molar-refractivity contribution in [2.45, 2.75) is 18.9 Å². The fraction of sp³-hybridized carbons (Fsp3) is 0.412. The highest BCUT2D eigenvalue weighted by Crippen LogP contribution is 2.28. The maximum absolute atomic E-state index is 4.27. The van der Waals surface area contributed by atoms with Crippen LogP contribution in [-0.4, -0.2) is 60.8 Å². The Labute approximate surface area is 146 Å². The summed E-state index contributed by atoms with van der Waals surface area (Å²) in [4.78, 5) is 6.58. The highest BCUT2D eigenvalue weighted by molar-refractivity contribution is 5.41. The number of nitrogens with zero attached hydrogens (tertiary/aromatic N) is 7. The Morgan fingerprint density at radius 2 is 1.92 bits per heavy atom. The average molecular weight is 338 g/mol. The Morgan fingerprint density at radius 3 is 2.64 bits per heavy atom. The minimum Gasteiger partial charge on any atom is -0.348 e. The molecule has 0 unspecified atom stereocenters. The van der Waals surface area contributed by atoms with Crippen molar-refractivity contribution in [2.24, 2.45) is 7.05 Å². The lowest BCUT2D eigenvalue weighted by Crippen LogP contribution is -2.29. The maximum Gasteiger partial charge on any atom is 0.248 e. The first-order chi connectivity index (χ1) is 12.1. The lowest BCUT2D eigenvalue weighted by atomic mass is 10.0. The molecule has 1 saturated heterocycles. The van der Waals surface area contributed by atoms with Crippen LogP contribution in [0.5, 0.6) is 0 Å². The Kier molecular flexibility index (Phi) is 3.96. The molecule has 1 aliphatic rings. The second-order valence-electron chi connectivity index (χ2n) is 6.76. The summed E-state index contributed by atoms with van der Waals surface area (Å²) in [6.45, 7) is 3.97. The Bertz CT molecular complexity index is 850. The van der Waals surface area contributed by atoms with E-state index in [1.54, 1.807) is 4.68 Å². The van der Waals surface area contributed by atoms with Crippen molar-refractivity contribution in [1.82, 2.24) is 34.7 Å². The van der Waals surface area contributed by atoms with Crippen molar-refractivity contribution < 1.29 is 0 Å². The zero-order chi connectivity index (χ0) is 17.4. The molecular formula is C17H22N8. The Balaban J connectivity index is 1.61. The van der Waals surface area contributed by atoms with Gasteiger partial charge in [-0.15, -0.1) is 0 Å². The summed E-state index contributed by atoms with van der Waals surface area (Å²) >= 11 is 0. The Hall–Kier alpha value is -2.74. The third kappa shape index (κ3) is 3.00. The molecule has 0 saturated carbocycles. The number of tetrazole rings is 1. The van der Waals surface area contributed by atoms with Gasteiger partial charge in [0.25, 0.3) is 0 Å². The van der Waals surface area contributed by atoms with Gasteiger partial charge >= 0.3 is 0 Å². The number of aromatic nitrogens is 6. The number of anilines is 1. The minimum absolute atomic E-state index is 0.218. The first kappa shape index (κ1) is 15.8. The molecule has 0 spiro atoms. The predicted molar refractivity (Wildman–Crippen MR) is 94.7 cm³/mol. The minimum atomic E-state index is 0.218. The number of aryl methyl sites for hydroxylation is 2. The summed E-state index contributed by atoms with van der Waals surface area (Å²) in [5.41, 5.74) is 3.37. The lowest BCUT2D eigenvalue weighted by molar-refractivity contribution is 0.408. The van der Waals surface area contributed by atoms with E-state index in [1.165, 1.54) is 11.3 Å². The van der Waals surface area contributed by atoms with Crippen molar-refractivity contribution in [3.63, 3.8) is 0 Å². The molecule has 0 bridgehead atoms. The third-order valence-electron chi connectivity index (χ3n) is 4.80. The molecule has 1 aromatic carbocycles. The van der Waals surface area contributed by atoms with Gasteiger partial charge in [0.15, 0.2) is 0 Å². The number of rotatable bonds is 4. The number of hydrogen-bond donors (Lipinski definition) is 1. The number of hydrogen-bond acceptors (Lipinski definition) is 6. The summed E-state index contributed by atoms with van der Waals surface area (Å²) in [7, 11) is 4.17. The largest absolute Gasteiger partial charge is 0.348 e. The second-order valence-corrected chi connectivity index (χ2v) is 6.76. The van der Waals surface area contributed by atoms with Crippen LogP contribution in [0.25, 0.3) is 5.69 Å². The molecular weight excluding hydrogens is 316 g/mol. The monoisotopic (exact) mass is 338 g/mol. The van der Waals surface area contributed by atoms with Gasteiger partial charge in [-0.25, -0.2) is 4.98 Å². The Morgan fingerprint density at radius 1 is 1.12 bits per heavy atom. The molecule has 8 heteroatoms. The summed E-state index contributed by atoms with van der Waals surface area (Å²) in [5, 5.41) is 15.7. The van der Waals surface area contributed by atoms with E-state index in [9.17, 15) is 0 Å². The number of likely N-dealkylation sites (tertiary alicyclic amines) is 1. The second kappa shape index (κ2) is 6.29. The molecule has 0 radical (unpaired) electrons. The molecule has 0 aliphatic carbocycles. The van der Waals surface area contributed by atoms with Gasteiger partial charge in [0.1, 0.15) is 0 Å². The molecule has 3 aromatic rings. The molecule has 8 nitrogen and oxygen atoms in total. The van der Waals surface area contributed by atoms with Crippen LogP contribution in [0.15, 0.2) is 36.8 Å². The van der Waals surface area contributed by atoms with Crippen LogP contribution in [0.3, 0.4) is 0 Å². The molecule has 1 N–H and O–H groups in total. The molecule has 2 atom stereocenters. The van der Waals surface area contributed by atoms with Crippen LogP contribution in [0.1, 0.15) is 17.2 Å². The van der Waals surface area contributed by atoms with Crippen LogP contribution < -0.4 is 5.32 Å². The van der Waals surface area contributed by atoms with E-state index in [2.05, 4.69) is 61.4 Å². The average Bonchev–Trinajstić information content (AvgIpc) is 3.29. The lowest BCUT2D eigenvalue weighted by Gasteiger charge is -2.20. The quantitative estimate of drug-likeness (QED) is 0.771. The van der Waals surface area contributed by atoms with Gasteiger partial charge in [0.2, 0.25) is 5.95 Å². The molecule has 130 valence electrons. The predicted octanol–water partition coefficient (Wildman–Crippen LogP) is 1.21. The van der Waals surface area contributed by atoms with Crippen LogP contribution in [0, 0.1) is 6.92 Å². The van der Waals surface area contributed by atoms with Crippen molar-refractivity contribution in [3.05, 3.63) is 48.0 Å². The van der Waals surface area contributed by atoms with Crippen LogP contribution in [-0.2, 0) is 7.05 Å². The van der Waals surface area contributed by atoms with Gasteiger partial charge in [0, 0.05) is 37.9 Å². The van der Waals surface area contributed by atoms with Crippen LogP contribution >= 0.6 is 0 Å². The van der Waals surface area contributed by atoms with Crippen LogP contribution in [0.4, 0.5) is 5.95 Å². The van der Waals surface area contributed by atoms with E-state index in [4.69, 9.17) is 0 Å². The summed E-state index contributed by atoms with van der Waals surface area (Å²) in [5.74, 6) is 0.997. The number of imidazole rings is 1. The van der Waals surface area contributed by atoms with E-state index in [0.717, 1.165) is 18.8 Å². The normalized spacial score (nSPS) is 20.9. The standard InChI is InChI=1S/C17H22N8/c1-12-4-6-13(7-5-12)25-17(20-21-22-25)19-15-10-23(2)9-14(15)16-8-18-11-24(16)3/h4-8,11,14-15H,9-10H2,1-3H3,(H,19,20,22)/t14-,15-/m1/s1. The fourth-order valence-corrected chi connectivity index (χ4v) is 3.47. The topological polar surface area (TPSA) is 76.7 Å². The highest BCUT2D eigenvalue weighted by atomic mass is 15.6. The molecule has 25 heavy (non-hydrogen) atoms. The number of likely N-dealkylation sites (N-methyl/N-ethyl adjacent to an activating group) is 1. The first-order valence-corrected chi connectivity index (χ1v) is 8.38. The molecule has 4 rings (SSSR count). The van der Waals surface area contributed by atoms with Gasteiger partial charge in [-0.1, -0.05) is 22.8 Å². The fourth-order valence-electron chi connectivity index (χ4n) is 3.47. The van der Waals surface area contributed by atoms with Gasteiger partial charge in [-0.2, -0.15) is 4.68 Å². The van der Waals surface area contributed by atoms with Gasteiger partial charge in [-0.3, -0.25) is 0 Å². The van der Waals surface area contributed by atoms with Crippen molar-refractivity contribution in [1.29, 1.82) is 0 Å². The molecule has 1 aliphatic heterocycles. The van der Waals surface area contributed by atoms with Crippen molar-refractivity contribution >= 4 is 5.95 Å². The van der Waals surface area contributed by atoms with E-state index in [0.29, 0.717) is 11.9 Å². The highest BCUT2D eigenvalue weighted by Gasteiger charge is 2.34. The maximum atomic E-state index is 4.27. The molecule has 2 aromatic heterocycles. The zero-order valence-electron chi connectivity index (χ0n) is 14.7. The molecule has 0 amide bonds. The van der Waals surface area contributed by atoms with Gasteiger partial charge < -0.3 is 14.8 Å². The molecule has 1 fully saturated rings. The van der Waals surface area contributed by atoms with E-state index in [-0.39, 0.29) is 6.04 Å². The summed E-state index contributed by atoms with van der Waals surface area (Å²) < 4.78 is 3.83. The van der Waals surface area contributed by atoms with E-state index < -0.39 is 0 Å².